The topological polar surface area (TPSA) is 82.4 Å². The number of nitrogens with zero attached hydrogens (tertiary/aromatic N) is 1. The van der Waals surface area contributed by atoms with Crippen LogP contribution in [0.4, 0.5) is 0 Å². The largest absolute Gasteiger partial charge is 0.400 e. The van der Waals surface area contributed by atoms with Crippen LogP contribution in [0.25, 0.3) is 0 Å². The lowest BCUT2D eigenvalue weighted by atomic mass is 9.46. The summed E-state index contributed by atoms with van der Waals surface area (Å²) in [6.07, 6.45) is 14.1. The highest BCUT2D eigenvalue weighted by atomic mass is 16.7. The maximum atomic E-state index is 11.5. The first-order chi connectivity index (χ1) is 25.7. The normalized spacial score (nSPS) is 38.7. The van der Waals surface area contributed by atoms with Crippen LogP contribution < -0.4 is 0 Å². The number of hydrogen-bond acceptors (Lipinski definition) is 6. The minimum Gasteiger partial charge on any atom is -0.400 e. The van der Waals surface area contributed by atoms with E-state index in [1.54, 1.807) is 0 Å². The first kappa shape index (κ1) is 47.1. The van der Waals surface area contributed by atoms with Gasteiger partial charge in [0.05, 0.1) is 24.4 Å². The van der Waals surface area contributed by atoms with Crippen molar-refractivity contribution < 1.29 is 24.8 Å². The molecule has 6 heteroatoms. The molecule has 6 aliphatic rings. The van der Waals surface area contributed by atoms with Gasteiger partial charge in [-0.1, -0.05) is 105 Å². The number of unbranched alkanes of at least 4 members (excludes halogenated alkanes) is 1. The van der Waals surface area contributed by atoms with Crippen LogP contribution >= 0.6 is 0 Å². The van der Waals surface area contributed by atoms with Crippen LogP contribution in [0, 0.1) is 51.2 Å². The lowest BCUT2D eigenvalue weighted by Gasteiger charge is -2.59. The van der Waals surface area contributed by atoms with Crippen molar-refractivity contribution in [1.29, 1.82) is 0 Å². The molecule has 4 unspecified atom stereocenters. The van der Waals surface area contributed by atoms with Crippen molar-refractivity contribution >= 4 is 0 Å². The Bertz CT molecular complexity index is 1230. The van der Waals surface area contributed by atoms with Crippen LogP contribution in [0.15, 0.2) is 43.5 Å². The summed E-state index contributed by atoms with van der Waals surface area (Å²) in [4.78, 5) is 2.50. The number of aliphatic hydroxyl groups excluding tert-OH is 2. The number of benzene rings is 1. The molecule has 2 spiro atoms. The number of morpholine rings is 1. The molecule has 6 nitrogen and oxygen atoms in total. The molecule has 0 radical (unpaired) electrons. The van der Waals surface area contributed by atoms with Crippen molar-refractivity contribution in [2.75, 3.05) is 26.8 Å². The molecule has 3 N–H and O–H groups in total. The molecule has 312 valence electrons. The quantitative estimate of drug-likeness (QED) is 0.172. The van der Waals surface area contributed by atoms with Crippen LogP contribution in [0.2, 0.25) is 0 Å². The molecule has 1 aliphatic heterocycles. The van der Waals surface area contributed by atoms with Gasteiger partial charge in [-0.25, -0.2) is 0 Å². The van der Waals surface area contributed by atoms with E-state index in [9.17, 15) is 10.2 Å². The SMILES string of the molecule is C=C.CC.CCC.CO.C[C@@H]1C23CC[C@H](OC4CN(Cc5ccccc5)CCO4)C(C)(C)C2CC[C@H]2C4C[C@@H](O)[C@H](CCCCC(C)(C)O)[C@@]4(C)CC[C@]123. The zero-order valence-corrected chi connectivity index (χ0v) is 36.8. The third kappa shape index (κ3) is 9.05. The summed E-state index contributed by atoms with van der Waals surface area (Å²) in [7, 11) is 1.00. The fourth-order valence-corrected chi connectivity index (χ4v) is 13.3. The highest BCUT2D eigenvalue weighted by molar-refractivity contribution is 5.32. The van der Waals surface area contributed by atoms with E-state index in [0.29, 0.717) is 28.6 Å². The van der Waals surface area contributed by atoms with Crippen molar-refractivity contribution in [3.8, 4) is 0 Å². The molecule has 1 saturated heterocycles. The summed E-state index contributed by atoms with van der Waals surface area (Å²) in [6.45, 7) is 31.9. The zero-order chi connectivity index (χ0) is 40.5. The highest BCUT2D eigenvalue weighted by Crippen LogP contribution is 2.89. The van der Waals surface area contributed by atoms with E-state index >= 15 is 0 Å². The molecule has 0 bridgehead atoms. The summed E-state index contributed by atoms with van der Waals surface area (Å²) in [5, 5.41) is 28.7. The molecule has 1 heterocycles. The minimum atomic E-state index is -0.586. The Morgan fingerprint density at radius 1 is 0.926 bits per heavy atom. The Morgan fingerprint density at radius 3 is 2.20 bits per heavy atom. The smallest absolute Gasteiger partial charge is 0.170 e. The van der Waals surface area contributed by atoms with Gasteiger partial charge in [-0.2, -0.15) is 0 Å². The van der Waals surface area contributed by atoms with E-state index in [0.717, 1.165) is 83.7 Å². The van der Waals surface area contributed by atoms with Crippen molar-refractivity contribution in [3.63, 3.8) is 0 Å². The van der Waals surface area contributed by atoms with Crippen LogP contribution in [0.1, 0.15) is 152 Å². The monoisotopic (exact) mass is 756 g/mol. The van der Waals surface area contributed by atoms with Gasteiger partial charge in [0, 0.05) is 26.7 Å². The first-order valence-corrected chi connectivity index (χ1v) is 22.1. The summed E-state index contributed by atoms with van der Waals surface area (Å²) in [6, 6.07) is 10.8. The predicted octanol–water partition coefficient (Wildman–Crippen LogP) is 10.7. The Morgan fingerprint density at radius 2 is 1.57 bits per heavy atom. The molecular formula is C48H85NO5. The lowest BCUT2D eigenvalue weighted by molar-refractivity contribution is -0.246. The van der Waals surface area contributed by atoms with Gasteiger partial charge >= 0.3 is 0 Å². The van der Waals surface area contributed by atoms with E-state index in [1.165, 1.54) is 44.1 Å². The van der Waals surface area contributed by atoms with E-state index in [4.69, 9.17) is 14.6 Å². The molecule has 11 atom stereocenters. The Hall–Kier alpha value is -1.28. The fourth-order valence-electron chi connectivity index (χ4n) is 13.3. The van der Waals surface area contributed by atoms with Gasteiger partial charge in [0.2, 0.25) is 0 Å². The first-order valence-electron chi connectivity index (χ1n) is 22.1. The van der Waals surface area contributed by atoms with Crippen LogP contribution in [-0.4, -0.2) is 71.1 Å². The predicted molar refractivity (Wildman–Crippen MR) is 226 cm³/mol. The fraction of sp³-hybridized carbons (Fsp3) is 0.833. The van der Waals surface area contributed by atoms with Crippen molar-refractivity contribution in [3.05, 3.63) is 49.1 Å². The van der Waals surface area contributed by atoms with Crippen molar-refractivity contribution in [1.82, 2.24) is 4.90 Å². The maximum absolute atomic E-state index is 11.5. The molecule has 5 saturated carbocycles. The second-order valence-electron chi connectivity index (χ2n) is 18.8. The Balaban J connectivity index is 0.000000807. The van der Waals surface area contributed by atoms with Crippen molar-refractivity contribution in [2.24, 2.45) is 51.2 Å². The lowest BCUT2D eigenvalue weighted by Crippen LogP contribution is -2.56. The van der Waals surface area contributed by atoms with Gasteiger partial charge in [-0.3, -0.25) is 4.90 Å². The maximum Gasteiger partial charge on any atom is 0.170 e. The number of fused-ring (bicyclic) bond motifs is 2. The molecule has 1 aromatic carbocycles. The summed E-state index contributed by atoms with van der Waals surface area (Å²) in [5.41, 5.74) is 2.08. The average Bonchev–Trinajstić information content (AvgIpc) is 3.57. The third-order valence-corrected chi connectivity index (χ3v) is 15.4. The van der Waals surface area contributed by atoms with Gasteiger partial charge in [0.15, 0.2) is 6.29 Å². The van der Waals surface area contributed by atoms with Crippen LogP contribution in [0.3, 0.4) is 0 Å². The van der Waals surface area contributed by atoms with Crippen molar-refractivity contribution in [2.45, 2.75) is 177 Å². The summed E-state index contributed by atoms with van der Waals surface area (Å²) >= 11 is 0. The third-order valence-electron chi connectivity index (χ3n) is 15.4. The summed E-state index contributed by atoms with van der Waals surface area (Å²) < 4.78 is 13.2. The zero-order valence-electron chi connectivity index (χ0n) is 36.8. The molecule has 54 heavy (non-hydrogen) atoms. The van der Waals surface area contributed by atoms with E-state index in [1.807, 2.05) is 27.7 Å². The molecular weight excluding hydrogens is 671 g/mol. The van der Waals surface area contributed by atoms with E-state index in [-0.39, 0.29) is 29.3 Å². The molecule has 5 aliphatic carbocycles. The molecule has 6 fully saturated rings. The molecule has 7 rings (SSSR count). The standard InChI is InChI=1S/C40H63NO4.C3H8.C2H6.C2H4.CH4O/c1-27-39-21-20-38(6)30(14-10-11-18-36(2,3)43)32(42)24-31(38)29(39)15-16-33-37(4,5)34(17-19-40(27,33)39)45-35-26-41(22-23-44-35)25-28-12-8-7-9-13-28;1-3-2;3*1-2/h7-9,12-13,27,29-35,42-43H,10-11,14-26H2,1-6H3;3H2,1-2H3;1-2H3;1-2H2;2H,1H3/t27-,29-,30-,31?,32+,33?,34-,35?,38+,39-,40?;;;;/m0..../s1. The van der Waals surface area contributed by atoms with Crippen LogP contribution in [0.5, 0.6) is 0 Å². The van der Waals surface area contributed by atoms with Gasteiger partial charge in [0.25, 0.3) is 0 Å². The second-order valence-corrected chi connectivity index (χ2v) is 18.8. The Kier molecular flexibility index (Phi) is 17.4. The molecule has 0 aromatic heterocycles. The second kappa shape index (κ2) is 19.9. The number of hydrogen-bond donors (Lipinski definition) is 3. The number of ether oxygens (including phenoxy) is 2. The number of aliphatic hydroxyl groups is 3. The molecule has 1 aromatic rings. The van der Waals surface area contributed by atoms with E-state index in [2.05, 4.69) is 89.9 Å². The Labute approximate surface area is 332 Å². The van der Waals surface area contributed by atoms with Crippen LogP contribution in [-0.2, 0) is 16.0 Å². The average molecular weight is 756 g/mol. The van der Waals surface area contributed by atoms with Gasteiger partial charge < -0.3 is 24.8 Å². The highest BCUT2D eigenvalue weighted by Gasteiger charge is 2.84. The minimum absolute atomic E-state index is 0.130. The van der Waals surface area contributed by atoms with Gasteiger partial charge in [-0.05, 0) is 128 Å². The van der Waals surface area contributed by atoms with Gasteiger partial charge in [0.1, 0.15) is 0 Å². The van der Waals surface area contributed by atoms with Gasteiger partial charge in [-0.15, -0.1) is 13.2 Å². The number of rotatable bonds is 9. The van der Waals surface area contributed by atoms with E-state index < -0.39 is 5.60 Å². The molecule has 0 amide bonds. The summed E-state index contributed by atoms with van der Waals surface area (Å²) in [5.74, 6) is 3.32.